The summed E-state index contributed by atoms with van der Waals surface area (Å²) in [5, 5.41) is 2.93. The van der Waals surface area contributed by atoms with Crippen molar-refractivity contribution in [3.8, 4) is 0 Å². The first-order valence-corrected chi connectivity index (χ1v) is 10.6. The Morgan fingerprint density at radius 1 is 1.19 bits per heavy atom. The van der Waals surface area contributed by atoms with Crippen LogP contribution in [-0.2, 0) is 16.1 Å². The molecule has 0 unspecified atom stereocenters. The average Bonchev–Trinajstić information content (AvgIpc) is 3.10. The molecule has 148 valence electrons. The average molecular weight is 373 g/mol. The molecule has 1 amide bonds. The summed E-state index contributed by atoms with van der Waals surface area (Å²) in [5.41, 5.74) is 0. The van der Waals surface area contributed by atoms with Gasteiger partial charge in [-0.2, -0.15) is 0 Å². The van der Waals surface area contributed by atoms with E-state index in [1.54, 1.807) is 18.5 Å². The molecular formula is C21H32N4O2. The van der Waals surface area contributed by atoms with Crippen LogP contribution >= 0.6 is 0 Å². The number of ether oxygens (including phenoxy) is 1. The highest BCUT2D eigenvalue weighted by Gasteiger charge is 2.41. The third-order valence-electron chi connectivity index (χ3n) is 6.57. The van der Waals surface area contributed by atoms with Crippen LogP contribution in [0.5, 0.6) is 0 Å². The maximum absolute atomic E-state index is 12.3. The summed E-state index contributed by atoms with van der Waals surface area (Å²) in [6, 6.07) is 1.78. The van der Waals surface area contributed by atoms with Crippen LogP contribution in [0.3, 0.4) is 0 Å². The van der Waals surface area contributed by atoms with Gasteiger partial charge in [-0.05, 0) is 43.7 Å². The van der Waals surface area contributed by atoms with Crippen molar-refractivity contribution in [2.24, 2.45) is 17.8 Å². The van der Waals surface area contributed by atoms with Gasteiger partial charge in [-0.1, -0.05) is 19.3 Å². The Balaban J connectivity index is 1.21. The van der Waals surface area contributed by atoms with Crippen LogP contribution in [0.25, 0.3) is 0 Å². The summed E-state index contributed by atoms with van der Waals surface area (Å²) in [5.74, 6) is 2.72. The number of rotatable bonds is 6. The van der Waals surface area contributed by atoms with E-state index in [4.69, 9.17) is 4.74 Å². The summed E-state index contributed by atoms with van der Waals surface area (Å²) in [7, 11) is 0. The van der Waals surface area contributed by atoms with Crippen LogP contribution in [0.15, 0.2) is 18.5 Å². The first kappa shape index (κ1) is 18.8. The minimum absolute atomic E-state index is 0.0396. The molecule has 4 rings (SSSR count). The molecule has 1 aromatic rings. The van der Waals surface area contributed by atoms with Gasteiger partial charge in [-0.3, -0.25) is 4.79 Å². The number of likely N-dealkylation sites (tertiary alicyclic amines) is 1. The van der Waals surface area contributed by atoms with Gasteiger partial charge >= 0.3 is 0 Å². The molecule has 6 nitrogen and oxygen atoms in total. The van der Waals surface area contributed by atoms with Crippen molar-refractivity contribution in [2.45, 2.75) is 57.6 Å². The first-order valence-electron chi connectivity index (χ1n) is 10.6. The van der Waals surface area contributed by atoms with E-state index in [-0.39, 0.29) is 12.0 Å². The Morgan fingerprint density at radius 2 is 2.00 bits per heavy atom. The summed E-state index contributed by atoms with van der Waals surface area (Å²) in [6.07, 6.45) is 12.2. The maximum Gasteiger partial charge on any atom is 0.222 e. The van der Waals surface area contributed by atoms with E-state index >= 15 is 0 Å². The van der Waals surface area contributed by atoms with Crippen LogP contribution in [0, 0.1) is 17.8 Å². The van der Waals surface area contributed by atoms with Gasteiger partial charge in [0.15, 0.2) is 0 Å². The molecule has 2 saturated heterocycles. The Bertz CT molecular complexity index is 605. The van der Waals surface area contributed by atoms with E-state index in [9.17, 15) is 4.79 Å². The maximum atomic E-state index is 12.3. The fourth-order valence-corrected chi connectivity index (χ4v) is 5.13. The Hall–Kier alpha value is -1.53. The normalized spacial score (nSPS) is 29.4. The van der Waals surface area contributed by atoms with Crippen LogP contribution in [0.1, 0.15) is 50.8 Å². The molecule has 0 spiro atoms. The predicted molar refractivity (Wildman–Crippen MR) is 103 cm³/mol. The smallest absolute Gasteiger partial charge is 0.222 e. The largest absolute Gasteiger partial charge is 0.377 e. The third-order valence-corrected chi connectivity index (χ3v) is 6.57. The van der Waals surface area contributed by atoms with Crippen molar-refractivity contribution in [2.75, 3.05) is 26.2 Å². The second-order valence-electron chi connectivity index (χ2n) is 8.49. The van der Waals surface area contributed by atoms with E-state index in [0.717, 1.165) is 32.0 Å². The van der Waals surface area contributed by atoms with Crippen molar-refractivity contribution in [1.82, 2.24) is 20.2 Å². The van der Waals surface area contributed by atoms with Crippen LogP contribution in [0.2, 0.25) is 0 Å². The fourth-order valence-electron chi connectivity index (χ4n) is 5.13. The highest BCUT2D eigenvalue weighted by Crippen LogP contribution is 2.36. The number of hydrogen-bond donors (Lipinski definition) is 1. The van der Waals surface area contributed by atoms with E-state index in [0.29, 0.717) is 30.6 Å². The lowest BCUT2D eigenvalue weighted by atomic mass is 9.82. The lowest BCUT2D eigenvalue weighted by Gasteiger charge is -2.38. The van der Waals surface area contributed by atoms with E-state index in [1.807, 2.05) is 0 Å². The van der Waals surface area contributed by atoms with Crippen LogP contribution in [0.4, 0.5) is 0 Å². The highest BCUT2D eigenvalue weighted by molar-refractivity contribution is 5.76. The molecule has 0 radical (unpaired) electrons. The van der Waals surface area contributed by atoms with Gasteiger partial charge in [0.1, 0.15) is 5.82 Å². The number of nitrogens with one attached hydrogen (secondary N) is 1. The minimum atomic E-state index is 0.0396. The molecule has 1 saturated carbocycles. The summed E-state index contributed by atoms with van der Waals surface area (Å²) in [6.45, 7) is 4.78. The van der Waals surface area contributed by atoms with Gasteiger partial charge in [-0.15, -0.1) is 0 Å². The highest BCUT2D eigenvalue weighted by atomic mass is 16.5. The topological polar surface area (TPSA) is 67.3 Å². The van der Waals surface area contributed by atoms with Crippen LogP contribution < -0.4 is 5.32 Å². The second kappa shape index (κ2) is 9.11. The molecule has 3 atom stereocenters. The molecule has 1 aromatic heterocycles. The standard InChI is InChI=1S/C21H32N4O2/c26-21(24-12-20-22-8-4-9-23-20)11-19-18-7-10-25(14-17(18)15-27-19)13-16-5-2-1-3-6-16/h4,8-9,16-19H,1-3,5-7,10-15H2,(H,24,26)/t17-,18-,19+/m1/s1. The van der Waals surface area contributed by atoms with Crippen molar-refractivity contribution < 1.29 is 9.53 Å². The van der Waals surface area contributed by atoms with E-state index in [2.05, 4.69) is 20.2 Å². The Morgan fingerprint density at radius 3 is 2.81 bits per heavy atom. The minimum Gasteiger partial charge on any atom is -0.377 e. The Labute approximate surface area is 162 Å². The van der Waals surface area contributed by atoms with Gasteiger partial charge < -0.3 is 15.0 Å². The van der Waals surface area contributed by atoms with E-state index in [1.165, 1.54) is 38.6 Å². The molecule has 1 N–H and O–H groups in total. The number of amides is 1. The zero-order chi connectivity index (χ0) is 18.5. The molecule has 3 heterocycles. The summed E-state index contributed by atoms with van der Waals surface area (Å²) >= 11 is 0. The summed E-state index contributed by atoms with van der Waals surface area (Å²) < 4.78 is 6.04. The van der Waals surface area contributed by atoms with Gasteiger partial charge in [0.2, 0.25) is 5.91 Å². The fraction of sp³-hybridized carbons (Fsp3) is 0.762. The molecule has 0 bridgehead atoms. The number of nitrogens with zero attached hydrogens (tertiary/aromatic N) is 3. The number of piperidine rings is 1. The zero-order valence-corrected chi connectivity index (χ0v) is 16.2. The zero-order valence-electron chi connectivity index (χ0n) is 16.2. The molecule has 27 heavy (non-hydrogen) atoms. The van der Waals surface area contributed by atoms with Crippen molar-refractivity contribution in [3.63, 3.8) is 0 Å². The summed E-state index contributed by atoms with van der Waals surface area (Å²) in [4.78, 5) is 23.3. The number of hydrogen-bond acceptors (Lipinski definition) is 5. The van der Waals surface area contributed by atoms with Gasteiger partial charge in [0, 0.05) is 31.4 Å². The number of fused-ring (bicyclic) bond motifs is 1. The van der Waals surface area contributed by atoms with Gasteiger partial charge in [0.05, 0.1) is 25.7 Å². The monoisotopic (exact) mass is 372 g/mol. The lowest BCUT2D eigenvalue weighted by molar-refractivity contribution is -0.124. The third kappa shape index (κ3) is 5.05. The molecule has 6 heteroatoms. The molecule has 3 aliphatic rings. The number of carbonyl (C=O) groups excluding carboxylic acids is 1. The van der Waals surface area contributed by atoms with Crippen LogP contribution in [-0.4, -0.2) is 53.1 Å². The first-order chi connectivity index (χ1) is 13.3. The van der Waals surface area contributed by atoms with Crippen molar-refractivity contribution in [1.29, 1.82) is 0 Å². The molecule has 0 aromatic carbocycles. The molecule has 2 aliphatic heterocycles. The second-order valence-corrected chi connectivity index (χ2v) is 8.49. The predicted octanol–water partition coefficient (Wildman–Crippen LogP) is 2.40. The molecule has 1 aliphatic carbocycles. The quantitative estimate of drug-likeness (QED) is 0.831. The van der Waals surface area contributed by atoms with Gasteiger partial charge in [0.25, 0.3) is 0 Å². The van der Waals surface area contributed by atoms with Crippen molar-refractivity contribution in [3.05, 3.63) is 24.3 Å². The SMILES string of the molecule is O=C(C[C@@H]1OC[C@H]2CN(CC3CCCCC3)CC[C@H]21)NCc1ncccn1. The molecule has 3 fully saturated rings. The van der Waals surface area contributed by atoms with Gasteiger partial charge in [-0.25, -0.2) is 9.97 Å². The number of aromatic nitrogens is 2. The number of carbonyl (C=O) groups is 1. The Kier molecular flexibility index (Phi) is 6.35. The van der Waals surface area contributed by atoms with E-state index < -0.39 is 0 Å². The van der Waals surface area contributed by atoms with Crippen molar-refractivity contribution >= 4 is 5.91 Å². The lowest BCUT2D eigenvalue weighted by Crippen LogP contribution is -2.44. The molecular weight excluding hydrogens is 340 g/mol.